The third kappa shape index (κ3) is 1.21. The van der Waals surface area contributed by atoms with E-state index in [1.165, 1.54) is 0 Å². The molecule has 0 radical (unpaired) electrons. The summed E-state index contributed by atoms with van der Waals surface area (Å²) in [6.07, 6.45) is 3.72. The van der Waals surface area contributed by atoms with Crippen molar-refractivity contribution in [2.75, 3.05) is 0 Å². The van der Waals surface area contributed by atoms with E-state index >= 15 is 0 Å². The molecule has 3 nitrogen and oxygen atoms in total. The molecule has 0 aliphatic rings. The number of para-hydroxylation sites is 1. The van der Waals surface area contributed by atoms with E-state index in [2.05, 4.69) is 17.2 Å². The highest BCUT2D eigenvalue weighted by Crippen LogP contribution is 2.32. The minimum Gasteiger partial charge on any atom is -0.456 e. The summed E-state index contributed by atoms with van der Waals surface area (Å²) in [5, 5.41) is 6.53. The minimum atomic E-state index is 0.893. The summed E-state index contributed by atoms with van der Waals surface area (Å²) >= 11 is 0. The molecule has 0 amide bonds. The first kappa shape index (κ1) is 9.48. The van der Waals surface area contributed by atoms with Gasteiger partial charge in [0.15, 0.2) is 0 Å². The summed E-state index contributed by atoms with van der Waals surface area (Å²) in [6, 6.07) is 16.0. The zero-order chi connectivity index (χ0) is 11.9. The summed E-state index contributed by atoms with van der Waals surface area (Å²) in [5.74, 6) is 0. The van der Waals surface area contributed by atoms with Crippen LogP contribution in [0.1, 0.15) is 0 Å². The van der Waals surface area contributed by atoms with Crippen molar-refractivity contribution in [1.29, 1.82) is 0 Å². The first-order valence-electron chi connectivity index (χ1n) is 5.84. The van der Waals surface area contributed by atoms with Crippen molar-refractivity contribution in [3.63, 3.8) is 0 Å². The third-order valence-electron chi connectivity index (χ3n) is 3.13. The SMILES string of the molecule is c1ccc2c(c1)oc1cccc(-n3cccn3)c12. The van der Waals surface area contributed by atoms with Crippen LogP contribution in [0.5, 0.6) is 0 Å². The molecule has 18 heavy (non-hydrogen) atoms. The number of benzene rings is 2. The number of aromatic nitrogens is 2. The van der Waals surface area contributed by atoms with E-state index in [0.717, 1.165) is 27.6 Å². The Bertz CT molecular complexity index is 828. The van der Waals surface area contributed by atoms with Gasteiger partial charge in [0, 0.05) is 17.8 Å². The number of fused-ring (bicyclic) bond motifs is 3. The summed E-state index contributed by atoms with van der Waals surface area (Å²) in [5.41, 5.74) is 2.85. The van der Waals surface area contributed by atoms with Gasteiger partial charge in [0.1, 0.15) is 11.2 Å². The van der Waals surface area contributed by atoms with E-state index in [4.69, 9.17) is 4.42 Å². The van der Waals surface area contributed by atoms with Crippen LogP contribution in [-0.2, 0) is 0 Å². The second-order valence-electron chi connectivity index (χ2n) is 4.20. The number of rotatable bonds is 1. The Morgan fingerprint density at radius 2 is 1.78 bits per heavy atom. The molecule has 2 heterocycles. The molecule has 0 saturated heterocycles. The average Bonchev–Trinajstić information content (AvgIpc) is 3.05. The lowest BCUT2D eigenvalue weighted by Gasteiger charge is -2.02. The van der Waals surface area contributed by atoms with Crippen LogP contribution in [0.2, 0.25) is 0 Å². The van der Waals surface area contributed by atoms with E-state index in [1.807, 2.05) is 47.3 Å². The fourth-order valence-electron chi connectivity index (χ4n) is 2.36. The smallest absolute Gasteiger partial charge is 0.137 e. The van der Waals surface area contributed by atoms with Gasteiger partial charge in [-0.1, -0.05) is 24.3 Å². The molecule has 4 rings (SSSR count). The Balaban J connectivity index is 2.21. The van der Waals surface area contributed by atoms with Gasteiger partial charge in [-0.3, -0.25) is 0 Å². The van der Waals surface area contributed by atoms with E-state index in [0.29, 0.717) is 0 Å². The van der Waals surface area contributed by atoms with Crippen LogP contribution in [0.15, 0.2) is 65.3 Å². The summed E-state index contributed by atoms with van der Waals surface area (Å²) in [7, 11) is 0. The fourth-order valence-corrected chi connectivity index (χ4v) is 2.36. The highest BCUT2D eigenvalue weighted by Gasteiger charge is 2.11. The topological polar surface area (TPSA) is 31.0 Å². The number of furan rings is 1. The van der Waals surface area contributed by atoms with Crippen LogP contribution in [0.3, 0.4) is 0 Å². The molecule has 0 spiro atoms. The van der Waals surface area contributed by atoms with Crippen molar-refractivity contribution in [2.24, 2.45) is 0 Å². The quantitative estimate of drug-likeness (QED) is 0.502. The Morgan fingerprint density at radius 3 is 2.67 bits per heavy atom. The zero-order valence-corrected chi connectivity index (χ0v) is 9.58. The van der Waals surface area contributed by atoms with Crippen LogP contribution in [0, 0.1) is 0 Å². The Kier molecular flexibility index (Phi) is 1.83. The third-order valence-corrected chi connectivity index (χ3v) is 3.13. The maximum atomic E-state index is 5.85. The molecule has 0 aliphatic heterocycles. The van der Waals surface area contributed by atoms with E-state index in [-0.39, 0.29) is 0 Å². The number of nitrogens with zero attached hydrogens (tertiary/aromatic N) is 2. The largest absolute Gasteiger partial charge is 0.456 e. The van der Waals surface area contributed by atoms with Gasteiger partial charge >= 0.3 is 0 Å². The van der Waals surface area contributed by atoms with Crippen molar-refractivity contribution in [3.8, 4) is 5.69 Å². The molecule has 4 aromatic rings. The second-order valence-corrected chi connectivity index (χ2v) is 4.20. The van der Waals surface area contributed by atoms with E-state index < -0.39 is 0 Å². The number of hydrogen-bond donors (Lipinski definition) is 0. The molecule has 3 heteroatoms. The van der Waals surface area contributed by atoms with E-state index in [1.54, 1.807) is 6.20 Å². The predicted octanol–water partition coefficient (Wildman–Crippen LogP) is 3.77. The molecule has 2 aromatic carbocycles. The predicted molar refractivity (Wildman–Crippen MR) is 70.8 cm³/mol. The number of hydrogen-bond acceptors (Lipinski definition) is 2. The fraction of sp³-hybridized carbons (Fsp3) is 0. The molecular formula is C15H10N2O. The lowest BCUT2D eigenvalue weighted by Crippen LogP contribution is -1.94. The zero-order valence-electron chi connectivity index (χ0n) is 9.58. The van der Waals surface area contributed by atoms with E-state index in [9.17, 15) is 0 Å². The molecule has 2 aromatic heterocycles. The van der Waals surface area contributed by atoms with Crippen LogP contribution < -0.4 is 0 Å². The van der Waals surface area contributed by atoms with Gasteiger partial charge in [0.05, 0.1) is 11.1 Å². The molecule has 0 saturated carbocycles. The first-order chi connectivity index (χ1) is 8.93. The molecule has 86 valence electrons. The van der Waals surface area contributed by atoms with Crippen molar-refractivity contribution in [1.82, 2.24) is 9.78 Å². The lowest BCUT2D eigenvalue weighted by molar-refractivity contribution is 0.668. The van der Waals surface area contributed by atoms with Gasteiger partial charge in [0.2, 0.25) is 0 Å². The lowest BCUT2D eigenvalue weighted by atomic mass is 10.1. The molecule has 0 atom stereocenters. The van der Waals surface area contributed by atoms with Crippen LogP contribution in [0.25, 0.3) is 27.6 Å². The van der Waals surface area contributed by atoms with Gasteiger partial charge in [-0.05, 0) is 24.3 Å². The van der Waals surface area contributed by atoms with Crippen molar-refractivity contribution < 1.29 is 4.42 Å². The van der Waals surface area contributed by atoms with Crippen LogP contribution >= 0.6 is 0 Å². The highest BCUT2D eigenvalue weighted by atomic mass is 16.3. The van der Waals surface area contributed by atoms with Gasteiger partial charge in [-0.2, -0.15) is 5.10 Å². The molecule has 0 N–H and O–H groups in total. The standard InChI is InChI=1S/C15H10N2O/c1-2-7-13-11(5-1)15-12(17-10-4-9-16-17)6-3-8-14(15)18-13/h1-10H. The monoisotopic (exact) mass is 234 g/mol. The normalized spacial score (nSPS) is 11.3. The summed E-state index contributed by atoms with van der Waals surface area (Å²) in [4.78, 5) is 0. The van der Waals surface area contributed by atoms with Gasteiger partial charge in [0.25, 0.3) is 0 Å². The molecule has 0 bridgehead atoms. The minimum absolute atomic E-state index is 0.893. The second kappa shape index (κ2) is 3.47. The van der Waals surface area contributed by atoms with Gasteiger partial charge in [-0.15, -0.1) is 0 Å². The van der Waals surface area contributed by atoms with Crippen molar-refractivity contribution in [2.45, 2.75) is 0 Å². The van der Waals surface area contributed by atoms with Crippen LogP contribution in [-0.4, -0.2) is 9.78 Å². The summed E-state index contributed by atoms with van der Waals surface area (Å²) < 4.78 is 7.72. The van der Waals surface area contributed by atoms with Gasteiger partial charge in [-0.25, -0.2) is 4.68 Å². The molecule has 0 unspecified atom stereocenters. The first-order valence-corrected chi connectivity index (χ1v) is 5.84. The highest BCUT2D eigenvalue weighted by molar-refractivity contribution is 6.09. The Labute approximate surface area is 103 Å². The Hall–Kier alpha value is -2.55. The van der Waals surface area contributed by atoms with Crippen molar-refractivity contribution in [3.05, 3.63) is 60.9 Å². The Morgan fingerprint density at radius 1 is 0.889 bits per heavy atom. The maximum absolute atomic E-state index is 5.85. The maximum Gasteiger partial charge on any atom is 0.137 e. The summed E-state index contributed by atoms with van der Waals surface area (Å²) in [6.45, 7) is 0. The molecule has 0 fully saturated rings. The van der Waals surface area contributed by atoms with Gasteiger partial charge < -0.3 is 4.42 Å². The molecular weight excluding hydrogens is 224 g/mol. The van der Waals surface area contributed by atoms with Crippen molar-refractivity contribution >= 4 is 21.9 Å². The van der Waals surface area contributed by atoms with Crippen LogP contribution in [0.4, 0.5) is 0 Å². The molecule has 0 aliphatic carbocycles. The average molecular weight is 234 g/mol.